The molecule has 0 radical (unpaired) electrons. The van der Waals surface area contributed by atoms with E-state index in [-0.39, 0.29) is 25.3 Å². The van der Waals surface area contributed by atoms with E-state index in [2.05, 4.69) is 15.4 Å². The molecule has 36 heavy (non-hydrogen) atoms. The number of hydrogen-bond donors (Lipinski definition) is 1. The average molecular weight is 502 g/mol. The van der Waals surface area contributed by atoms with Crippen molar-refractivity contribution in [2.24, 2.45) is 0 Å². The number of benzene rings is 1. The summed E-state index contributed by atoms with van der Waals surface area (Å²) < 4.78 is 31.7. The monoisotopic (exact) mass is 501 g/mol. The number of ether oxygens (including phenoxy) is 3. The van der Waals surface area contributed by atoms with E-state index in [1.807, 2.05) is 11.8 Å². The predicted molar refractivity (Wildman–Crippen MR) is 132 cm³/mol. The number of carbonyl (C=O) groups excluding carboxylic acids is 2. The maximum Gasteiger partial charge on any atom is 0.407 e. The zero-order chi connectivity index (χ0) is 26.3. The van der Waals surface area contributed by atoms with Gasteiger partial charge < -0.3 is 24.4 Å². The quantitative estimate of drug-likeness (QED) is 0.328. The highest BCUT2D eigenvalue weighted by Crippen LogP contribution is 2.24. The molecule has 11 heteroatoms. The topological polar surface area (TPSA) is 107 Å². The molecule has 2 heterocycles. The molecule has 0 spiro atoms. The number of carbonyl (C=O) groups is 2. The Balaban J connectivity index is 1.73. The van der Waals surface area contributed by atoms with Gasteiger partial charge in [-0.3, -0.25) is 0 Å². The molecule has 0 unspecified atom stereocenters. The fourth-order valence-electron chi connectivity index (χ4n) is 3.39. The Morgan fingerprint density at radius 1 is 1.19 bits per heavy atom. The number of hydrogen-bond acceptors (Lipinski definition) is 8. The summed E-state index contributed by atoms with van der Waals surface area (Å²) >= 11 is 0. The number of anilines is 1. The van der Waals surface area contributed by atoms with Crippen molar-refractivity contribution in [3.8, 4) is 5.75 Å². The maximum absolute atomic E-state index is 14.1. The fraction of sp³-hybridized carbons (Fsp3) is 0.440. The number of nitrogens with one attached hydrogen (secondary N) is 1. The van der Waals surface area contributed by atoms with E-state index in [4.69, 9.17) is 14.2 Å². The lowest BCUT2D eigenvalue weighted by Gasteiger charge is -2.24. The molecule has 1 aromatic carbocycles. The molecule has 0 atom stereocenters. The molecule has 0 saturated heterocycles. The zero-order valence-electron chi connectivity index (χ0n) is 21.2. The summed E-state index contributed by atoms with van der Waals surface area (Å²) in [7, 11) is 0. The molecular weight excluding hydrogens is 469 g/mol. The summed E-state index contributed by atoms with van der Waals surface area (Å²) in [4.78, 5) is 30.6. The first-order chi connectivity index (χ1) is 17.1. The van der Waals surface area contributed by atoms with Crippen LogP contribution in [-0.4, -0.2) is 58.6 Å². The van der Waals surface area contributed by atoms with E-state index in [9.17, 15) is 14.0 Å². The first-order valence-corrected chi connectivity index (χ1v) is 11.8. The molecule has 0 bridgehead atoms. The van der Waals surface area contributed by atoms with Gasteiger partial charge in [0, 0.05) is 24.8 Å². The molecule has 3 aromatic rings. The second-order valence-electron chi connectivity index (χ2n) is 8.88. The molecule has 0 aliphatic rings. The van der Waals surface area contributed by atoms with Crippen LogP contribution in [0.25, 0.3) is 5.65 Å². The Bertz CT molecular complexity index is 1210. The van der Waals surface area contributed by atoms with Crippen molar-refractivity contribution in [2.45, 2.75) is 46.8 Å². The van der Waals surface area contributed by atoms with Gasteiger partial charge in [-0.05, 0) is 58.9 Å². The van der Waals surface area contributed by atoms with Crippen molar-refractivity contribution in [2.75, 3.05) is 31.2 Å². The van der Waals surface area contributed by atoms with Gasteiger partial charge >= 0.3 is 12.1 Å². The van der Waals surface area contributed by atoms with Crippen LogP contribution in [0.2, 0.25) is 0 Å². The smallest absolute Gasteiger partial charge is 0.407 e. The van der Waals surface area contributed by atoms with E-state index >= 15 is 0 Å². The van der Waals surface area contributed by atoms with Gasteiger partial charge in [-0.25, -0.2) is 23.5 Å². The van der Waals surface area contributed by atoms with Gasteiger partial charge in [-0.1, -0.05) is 0 Å². The van der Waals surface area contributed by atoms with Crippen LogP contribution in [-0.2, 0) is 16.0 Å². The summed E-state index contributed by atoms with van der Waals surface area (Å²) in [6.45, 7) is 10.5. The number of halogens is 1. The highest BCUT2D eigenvalue weighted by molar-refractivity contribution is 5.95. The molecule has 10 nitrogen and oxygen atoms in total. The van der Waals surface area contributed by atoms with Crippen LogP contribution in [0.4, 0.5) is 15.0 Å². The lowest BCUT2D eigenvalue weighted by molar-refractivity contribution is 0.0513. The molecule has 1 N–H and O–H groups in total. The minimum atomic E-state index is -0.594. The third kappa shape index (κ3) is 7.06. The van der Waals surface area contributed by atoms with E-state index in [0.717, 1.165) is 0 Å². The third-order valence-corrected chi connectivity index (χ3v) is 4.97. The number of alkyl carbamates (subject to hydrolysis) is 1. The van der Waals surface area contributed by atoms with Crippen LogP contribution in [0, 0.1) is 5.82 Å². The van der Waals surface area contributed by atoms with Crippen molar-refractivity contribution in [3.63, 3.8) is 0 Å². The van der Waals surface area contributed by atoms with Crippen molar-refractivity contribution in [3.05, 3.63) is 53.6 Å². The zero-order valence-corrected chi connectivity index (χ0v) is 21.2. The standard InChI is InChI=1S/C25H32FN5O5/c1-6-30(21-10-12-31-22(29-21)19(15-28-31)23(32)34-7-2)16-17-14-18(26)8-9-20(17)35-13-11-27-24(33)36-25(3,4)5/h8-10,12,14-15H,6-7,11,13,16H2,1-5H3,(H,27,33). The Labute approximate surface area is 209 Å². The summed E-state index contributed by atoms with van der Waals surface area (Å²) in [5.41, 5.74) is 0.647. The minimum absolute atomic E-state index is 0.174. The van der Waals surface area contributed by atoms with Gasteiger partial charge in [0.1, 0.15) is 35.2 Å². The van der Waals surface area contributed by atoms with E-state index in [1.165, 1.54) is 22.8 Å². The van der Waals surface area contributed by atoms with Crippen LogP contribution in [0.5, 0.6) is 5.75 Å². The lowest BCUT2D eigenvalue weighted by Crippen LogP contribution is -2.34. The van der Waals surface area contributed by atoms with E-state index in [1.54, 1.807) is 46.0 Å². The molecule has 1 amide bonds. The predicted octanol–water partition coefficient (Wildman–Crippen LogP) is 3.98. The highest BCUT2D eigenvalue weighted by atomic mass is 19.1. The Morgan fingerprint density at radius 2 is 1.97 bits per heavy atom. The molecular formula is C25H32FN5O5. The van der Waals surface area contributed by atoms with Crippen molar-refractivity contribution in [1.82, 2.24) is 19.9 Å². The molecule has 3 rings (SSSR count). The number of esters is 1. The fourth-order valence-corrected chi connectivity index (χ4v) is 3.39. The second kappa shape index (κ2) is 11.7. The molecule has 194 valence electrons. The summed E-state index contributed by atoms with van der Waals surface area (Å²) in [5, 5.41) is 6.79. The molecule has 0 aliphatic carbocycles. The lowest BCUT2D eigenvalue weighted by atomic mass is 10.1. The first kappa shape index (κ1) is 26.7. The normalized spacial score (nSPS) is 11.3. The van der Waals surface area contributed by atoms with Gasteiger partial charge in [-0.15, -0.1) is 0 Å². The second-order valence-corrected chi connectivity index (χ2v) is 8.88. The highest BCUT2D eigenvalue weighted by Gasteiger charge is 2.19. The third-order valence-electron chi connectivity index (χ3n) is 4.97. The van der Waals surface area contributed by atoms with E-state index < -0.39 is 23.5 Å². The molecule has 0 saturated carbocycles. The molecule has 0 fully saturated rings. The number of rotatable bonds is 10. The van der Waals surface area contributed by atoms with E-state index in [0.29, 0.717) is 35.9 Å². The Kier molecular flexibility index (Phi) is 8.68. The van der Waals surface area contributed by atoms with Gasteiger partial charge in [0.15, 0.2) is 5.65 Å². The Morgan fingerprint density at radius 3 is 2.67 bits per heavy atom. The van der Waals surface area contributed by atoms with Gasteiger partial charge in [0.05, 0.1) is 19.3 Å². The van der Waals surface area contributed by atoms with Crippen molar-refractivity contribution < 1.29 is 28.2 Å². The van der Waals surface area contributed by atoms with Gasteiger partial charge in [-0.2, -0.15) is 5.10 Å². The SMILES string of the molecule is CCOC(=O)c1cnn2ccc(N(CC)Cc3cc(F)ccc3OCCNC(=O)OC(C)(C)C)nc12. The summed E-state index contributed by atoms with van der Waals surface area (Å²) in [6, 6.07) is 6.04. The number of nitrogens with zero attached hydrogens (tertiary/aromatic N) is 4. The van der Waals surface area contributed by atoms with Gasteiger partial charge in [0.25, 0.3) is 0 Å². The minimum Gasteiger partial charge on any atom is -0.491 e. The van der Waals surface area contributed by atoms with Crippen LogP contribution in [0.15, 0.2) is 36.7 Å². The number of aromatic nitrogens is 3. The average Bonchev–Trinajstić information content (AvgIpc) is 3.23. The Hall–Kier alpha value is -3.89. The first-order valence-electron chi connectivity index (χ1n) is 11.8. The van der Waals surface area contributed by atoms with Gasteiger partial charge in [0.2, 0.25) is 0 Å². The summed E-state index contributed by atoms with van der Waals surface area (Å²) in [6.07, 6.45) is 2.59. The maximum atomic E-state index is 14.1. The number of amides is 1. The van der Waals surface area contributed by atoms with Crippen LogP contribution in [0.3, 0.4) is 0 Å². The molecule has 0 aliphatic heterocycles. The van der Waals surface area contributed by atoms with Crippen molar-refractivity contribution >= 4 is 23.5 Å². The molecule has 2 aromatic heterocycles. The van der Waals surface area contributed by atoms with Crippen LogP contribution in [0.1, 0.15) is 50.5 Å². The van der Waals surface area contributed by atoms with Crippen LogP contribution >= 0.6 is 0 Å². The summed E-state index contributed by atoms with van der Waals surface area (Å²) in [5.74, 6) is 0.168. The van der Waals surface area contributed by atoms with Crippen molar-refractivity contribution in [1.29, 1.82) is 0 Å². The largest absolute Gasteiger partial charge is 0.491 e. The van der Waals surface area contributed by atoms with Crippen LogP contribution < -0.4 is 15.0 Å². The number of fused-ring (bicyclic) bond motifs is 1.